The number of hydrogen-bond donors (Lipinski definition) is 0. The minimum absolute atomic E-state index is 0.174. The molecule has 1 spiro atoms. The first-order valence-electron chi connectivity index (χ1n) is 14.1. The molecule has 2 aromatic rings. The van der Waals surface area contributed by atoms with Gasteiger partial charge in [0.1, 0.15) is 0 Å². The summed E-state index contributed by atoms with van der Waals surface area (Å²) in [6.07, 6.45) is 6.07. The zero-order valence-corrected chi connectivity index (χ0v) is 23.2. The Morgan fingerprint density at radius 1 is 0.919 bits per heavy atom. The third-order valence-corrected chi connectivity index (χ3v) is 9.90. The van der Waals surface area contributed by atoms with Crippen molar-refractivity contribution in [3.05, 3.63) is 70.2 Å². The van der Waals surface area contributed by atoms with Crippen molar-refractivity contribution >= 4 is 27.7 Å². The highest BCUT2D eigenvalue weighted by molar-refractivity contribution is 9.10. The number of rotatable bonds is 7. The lowest BCUT2D eigenvalue weighted by Crippen LogP contribution is -2.46. The van der Waals surface area contributed by atoms with Gasteiger partial charge in [-0.15, -0.1) is 0 Å². The van der Waals surface area contributed by atoms with Gasteiger partial charge < -0.3 is 14.7 Å². The molecule has 2 aromatic carbocycles. The van der Waals surface area contributed by atoms with E-state index in [9.17, 15) is 9.59 Å². The Bertz CT molecular complexity index is 1110. The summed E-state index contributed by atoms with van der Waals surface area (Å²) in [6.45, 7) is 6.26. The van der Waals surface area contributed by atoms with Gasteiger partial charge in [-0.25, -0.2) is 0 Å². The Kier molecular flexibility index (Phi) is 7.15. The van der Waals surface area contributed by atoms with Crippen molar-refractivity contribution in [1.82, 2.24) is 14.7 Å². The van der Waals surface area contributed by atoms with Gasteiger partial charge in [-0.3, -0.25) is 9.59 Å². The lowest BCUT2D eigenvalue weighted by atomic mass is 9.76. The first-order chi connectivity index (χ1) is 18.0. The third-order valence-electron chi connectivity index (χ3n) is 9.38. The maximum Gasteiger partial charge on any atom is 0.229 e. The number of likely N-dealkylation sites (tertiary alicyclic amines) is 3. The summed E-state index contributed by atoms with van der Waals surface area (Å²) >= 11 is 3.50. The highest BCUT2D eigenvalue weighted by Crippen LogP contribution is 2.43. The number of piperidine rings is 1. The lowest BCUT2D eigenvalue weighted by molar-refractivity contribution is -0.139. The van der Waals surface area contributed by atoms with E-state index >= 15 is 0 Å². The molecule has 3 aliphatic heterocycles. The maximum absolute atomic E-state index is 13.5. The predicted octanol–water partition coefficient (Wildman–Crippen LogP) is 5.31. The second-order valence-electron chi connectivity index (χ2n) is 11.9. The van der Waals surface area contributed by atoms with Crippen LogP contribution in [0.15, 0.2) is 59.1 Å². The second kappa shape index (κ2) is 10.5. The van der Waals surface area contributed by atoms with Crippen LogP contribution in [0.3, 0.4) is 0 Å². The maximum atomic E-state index is 13.5. The Labute approximate surface area is 229 Å². The van der Waals surface area contributed by atoms with Gasteiger partial charge in [0, 0.05) is 49.5 Å². The van der Waals surface area contributed by atoms with E-state index in [2.05, 4.69) is 85.2 Å². The van der Waals surface area contributed by atoms with Crippen molar-refractivity contribution in [3.63, 3.8) is 0 Å². The van der Waals surface area contributed by atoms with Crippen LogP contribution in [0.4, 0.5) is 0 Å². The smallest absolute Gasteiger partial charge is 0.229 e. The fraction of sp³-hybridized carbons (Fsp3) is 0.548. The van der Waals surface area contributed by atoms with E-state index in [-0.39, 0.29) is 5.41 Å². The molecule has 196 valence electrons. The average Bonchev–Trinajstić information content (AvgIpc) is 3.56. The molecule has 0 N–H and O–H groups in total. The summed E-state index contributed by atoms with van der Waals surface area (Å²) < 4.78 is 1.07. The van der Waals surface area contributed by atoms with Crippen LogP contribution in [0.1, 0.15) is 55.6 Å². The van der Waals surface area contributed by atoms with Crippen LogP contribution in [0.25, 0.3) is 0 Å². The van der Waals surface area contributed by atoms with Crippen LogP contribution in [-0.2, 0) is 16.1 Å². The summed E-state index contributed by atoms with van der Waals surface area (Å²) in [5.41, 5.74) is 2.38. The number of carbonyl (C=O) groups is 2. The van der Waals surface area contributed by atoms with Crippen molar-refractivity contribution in [1.29, 1.82) is 0 Å². The second-order valence-corrected chi connectivity index (χ2v) is 12.8. The molecule has 4 aliphatic rings. The van der Waals surface area contributed by atoms with E-state index in [1.54, 1.807) is 0 Å². The molecule has 37 heavy (non-hydrogen) atoms. The monoisotopic (exact) mass is 563 g/mol. The van der Waals surface area contributed by atoms with Crippen molar-refractivity contribution in [2.24, 2.45) is 17.3 Å². The van der Waals surface area contributed by atoms with E-state index < -0.39 is 0 Å². The number of benzene rings is 2. The molecule has 0 radical (unpaired) electrons. The van der Waals surface area contributed by atoms with Crippen LogP contribution in [-0.4, -0.2) is 65.8 Å². The molecule has 3 saturated heterocycles. The van der Waals surface area contributed by atoms with Crippen LogP contribution in [0.5, 0.6) is 0 Å². The van der Waals surface area contributed by atoms with Gasteiger partial charge in [0.25, 0.3) is 0 Å². The topological polar surface area (TPSA) is 43.9 Å². The molecule has 5 nitrogen and oxygen atoms in total. The Morgan fingerprint density at radius 2 is 1.62 bits per heavy atom. The third kappa shape index (κ3) is 5.51. The van der Waals surface area contributed by atoms with Crippen molar-refractivity contribution in [2.75, 3.05) is 39.3 Å². The quantitative estimate of drug-likeness (QED) is 0.458. The average molecular weight is 565 g/mol. The molecular formula is C31H38BrN3O2. The van der Waals surface area contributed by atoms with Crippen LogP contribution in [0, 0.1) is 17.3 Å². The fourth-order valence-electron chi connectivity index (χ4n) is 6.85. The first-order valence-corrected chi connectivity index (χ1v) is 14.9. The van der Waals surface area contributed by atoms with Gasteiger partial charge in [-0.1, -0.05) is 58.4 Å². The van der Waals surface area contributed by atoms with Gasteiger partial charge in [-0.2, -0.15) is 0 Å². The highest BCUT2D eigenvalue weighted by atomic mass is 79.9. The zero-order valence-electron chi connectivity index (χ0n) is 21.7. The van der Waals surface area contributed by atoms with Crippen molar-refractivity contribution in [3.8, 4) is 0 Å². The molecule has 0 aromatic heterocycles. The summed E-state index contributed by atoms with van der Waals surface area (Å²) in [5, 5.41) is 0. The van der Waals surface area contributed by atoms with Gasteiger partial charge in [0.2, 0.25) is 11.8 Å². The van der Waals surface area contributed by atoms with E-state index in [1.165, 1.54) is 24.0 Å². The molecule has 0 bridgehead atoms. The SMILES string of the molecule is O=C(CC1CC1)N1CC(CN2CCC3(CC2)CCN(Cc2ccc(Br)cc2)C3=O)C(c2ccccc2)C1. The Balaban J connectivity index is 1.07. The van der Waals surface area contributed by atoms with Crippen LogP contribution >= 0.6 is 15.9 Å². The lowest BCUT2D eigenvalue weighted by Gasteiger charge is -2.39. The minimum atomic E-state index is -0.174. The Morgan fingerprint density at radius 3 is 2.32 bits per heavy atom. The summed E-state index contributed by atoms with van der Waals surface area (Å²) in [5.74, 6) is 2.19. The number of halogens is 1. The van der Waals surface area contributed by atoms with E-state index in [0.717, 1.165) is 69.4 Å². The van der Waals surface area contributed by atoms with Gasteiger partial charge >= 0.3 is 0 Å². The van der Waals surface area contributed by atoms with Crippen LogP contribution in [0.2, 0.25) is 0 Å². The number of amides is 2. The van der Waals surface area contributed by atoms with Gasteiger partial charge in [0.15, 0.2) is 0 Å². The first kappa shape index (κ1) is 25.1. The molecule has 3 heterocycles. The number of nitrogens with zero attached hydrogens (tertiary/aromatic N) is 3. The van der Waals surface area contributed by atoms with E-state index in [0.29, 0.717) is 36.1 Å². The number of hydrogen-bond acceptors (Lipinski definition) is 3. The molecule has 6 rings (SSSR count). The van der Waals surface area contributed by atoms with E-state index in [1.807, 2.05) is 0 Å². The molecule has 2 amide bonds. The predicted molar refractivity (Wildman–Crippen MR) is 149 cm³/mol. The Hall–Kier alpha value is -2.18. The fourth-order valence-corrected chi connectivity index (χ4v) is 7.11. The standard InChI is InChI=1S/C31H38BrN3O2/c32-27-10-8-24(9-11-27)19-34-17-14-31(30(34)37)12-15-33(16-13-31)20-26-21-35(29(36)18-23-6-7-23)22-28(26)25-4-2-1-3-5-25/h1-5,8-11,23,26,28H,6-7,12-22H2. The number of carbonyl (C=O) groups excluding carboxylic acids is 2. The molecule has 2 atom stereocenters. The molecule has 4 fully saturated rings. The zero-order chi connectivity index (χ0) is 25.4. The molecule has 6 heteroatoms. The van der Waals surface area contributed by atoms with Gasteiger partial charge in [0.05, 0.1) is 5.41 Å². The summed E-state index contributed by atoms with van der Waals surface area (Å²) in [6, 6.07) is 19.1. The minimum Gasteiger partial charge on any atom is -0.342 e. The van der Waals surface area contributed by atoms with Crippen molar-refractivity contribution < 1.29 is 9.59 Å². The largest absolute Gasteiger partial charge is 0.342 e. The molecular weight excluding hydrogens is 526 g/mol. The van der Waals surface area contributed by atoms with Gasteiger partial charge in [-0.05, 0) is 80.3 Å². The van der Waals surface area contributed by atoms with Crippen molar-refractivity contribution in [2.45, 2.75) is 51.0 Å². The molecule has 2 unspecified atom stereocenters. The summed E-state index contributed by atoms with van der Waals surface area (Å²) in [7, 11) is 0. The molecule has 1 saturated carbocycles. The highest BCUT2D eigenvalue weighted by Gasteiger charge is 2.48. The normalized spacial score (nSPS) is 25.8. The van der Waals surface area contributed by atoms with Crippen LogP contribution < -0.4 is 0 Å². The summed E-state index contributed by atoms with van der Waals surface area (Å²) in [4.78, 5) is 33.3. The van der Waals surface area contributed by atoms with E-state index in [4.69, 9.17) is 0 Å². The molecule has 1 aliphatic carbocycles.